The molecule has 0 aliphatic carbocycles. The number of benzene rings is 1. The van der Waals surface area contributed by atoms with E-state index in [9.17, 15) is 4.79 Å². The SMILES string of the molecule is CCc1ccc(CNC(=O)CSc2ccc(-n3cnc(C)c3)nn2)cc1. The largest absolute Gasteiger partial charge is 0.351 e. The van der Waals surface area contributed by atoms with Crippen molar-refractivity contribution in [3.8, 4) is 5.82 Å². The van der Waals surface area contributed by atoms with Crippen LogP contribution in [0.25, 0.3) is 5.82 Å². The first kappa shape index (κ1) is 18.1. The Kier molecular flexibility index (Phi) is 6.01. The van der Waals surface area contributed by atoms with Gasteiger partial charge in [0.15, 0.2) is 5.82 Å². The topological polar surface area (TPSA) is 72.7 Å². The van der Waals surface area contributed by atoms with Crippen LogP contribution >= 0.6 is 11.8 Å². The van der Waals surface area contributed by atoms with Gasteiger partial charge in [-0.15, -0.1) is 10.2 Å². The van der Waals surface area contributed by atoms with E-state index < -0.39 is 0 Å². The Labute approximate surface area is 157 Å². The van der Waals surface area contributed by atoms with Crippen LogP contribution in [0, 0.1) is 6.92 Å². The normalized spacial score (nSPS) is 10.7. The maximum atomic E-state index is 12.0. The summed E-state index contributed by atoms with van der Waals surface area (Å²) in [6, 6.07) is 12.0. The predicted molar refractivity (Wildman–Crippen MR) is 102 cm³/mol. The van der Waals surface area contributed by atoms with Crippen LogP contribution in [0.3, 0.4) is 0 Å². The number of nitrogens with zero attached hydrogens (tertiary/aromatic N) is 4. The number of hydrogen-bond acceptors (Lipinski definition) is 5. The van der Waals surface area contributed by atoms with Gasteiger partial charge in [0, 0.05) is 12.7 Å². The molecule has 0 saturated carbocycles. The summed E-state index contributed by atoms with van der Waals surface area (Å²) in [5.41, 5.74) is 3.31. The summed E-state index contributed by atoms with van der Waals surface area (Å²) in [7, 11) is 0. The summed E-state index contributed by atoms with van der Waals surface area (Å²) in [5.74, 6) is 0.992. The van der Waals surface area contributed by atoms with Gasteiger partial charge in [-0.3, -0.25) is 9.36 Å². The standard InChI is InChI=1S/C19H21N5OS/c1-3-15-4-6-16(7-5-15)10-20-18(25)12-26-19-9-8-17(22-23-19)24-11-14(2)21-13-24/h4-9,11,13H,3,10,12H2,1-2H3,(H,20,25). The monoisotopic (exact) mass is 367 g/mol. The van der Waals surface area contributed by atoms with Gasteiger partial charge >= 0.3 is 0 Å². The third kappa shape index (κ3) is 4.92. The van der Waals surface area contributed by atoms with E-state index in [2.05, 4.69) is 39.6 Å². The molecule has 0 aliphatic heterocycles. The van der Waals surface area contributed by atoms with Gasteiger partial charge in [-0.25, -0.2) is 4.98 Å². The average molecular weight is 367 g/mol. The average Bonchev–Trinajstić information content (AvgIpc) is 3.12. The van der Waals surface area contributed by atoms with Crippen LogP contribution in [-0.4, -0.2) is 31.4 Å². The van der Waals surface area contributed by atoms with Crippen molar-refractivity contribution in [2.45, 2.75) is 31.8 Å². The van der Waals surface area contributed by atoms with Crippen molar-refractivity contribution < 1.29 is 4.79 Å². The van der Waals surface area contributed by atoms with Crippen molar-refractivity contribution >= 4 is 17.7 Å². The second-order valence-electron chi connectivity index (χ2n) is 5.89. The van der Waals surface area contributed by atoms with Gasteiger partial charge in [0.2, 0.25) is 5.91 Å². The quantitative estimate of drug-likeness (QED) is 0.650. The third-order valence-corrected chi connectivity index (χ3v) is 4.79. The Bertz CT molecular complexity index is 858. The third-order valence-electron chi connectivity index (χ3n) is 3.87. The van der Waals surface area contributed by atoms with Crippen LogP contribution < -0.4 is 5.32 Å². The van der Waals surface area contributed by atoms with Gasteiger partial charge in [0.25, 0.3) is 0 Å². The highest BCUT2D eigenvalue weighted by Crippen LogP contribution is 2.15. The van der Waals surface area contributed by atoms with Gasteiger partial charge in [-0.2, -0.15) is 0 Å². The molecular formula is C19H21N5OS. The minimum Gasteiger partial charge on any atom is -0.351 e. The molecule has 0 bridgehead atoms. The van der Waals surface area contributed by atoms with E-state index in [0.717, 1.165) is 17.7 Å². The minimum absolute atomic E-state index is 0.0225. The molecule has 26 heavy (non-hydrogen) atoms. The highest BCUT2D eigenvalue weighted by Gasteiger charge is 2.06. The molecule has 1 N–H and O–H groups in total. The molecule has 0 atom stereocenters. The summed E-state index contributed by atoms with van der Waals surface area (Å²) in [6.45, 7) is 4.58. The molecule has 3 aromatic rings. The Morgan fingerprint density at radius 2 is 1.88 bits per heavy atom. The number of thioether (sulfide) groups is 1. The summed E-state index contributed by atoms with van der Waals surface area (Å²) in [4.78, 5) is 16.2. The van der Waals surface area contributed by atoms with Crippen LogP contribution in [0.4, 0.5) is 0 Å². The van der Waals surface area contributed by atoms with Crippen LogP contribution in [0.15, 0.2) is 53.9 Å². The smallest absolute Gasteiger partial charge is 0.230 e. The van der Waals surface area contributed by atoms with Crippen molar-refractivity contribution in [2.24, 2.45) is 0 Å². The maximum absolute atomic E-state index is 12.0. The number of rotatable bonds is 7. The van der Waals surface area contributed by atoms with Crippen LogP contribution in [0.5, 0.6) is 0 Å². The summed E-state index contributed by atoms with van der Waals surface area (Å²) in [6.07, 6.45) is 4.60. The molecule has 2 aromatic heterocycles. The van der Waals surface area contributed by atoms with E-state index in [-0.39, 0.29) is 5.91 Å². The molecule has 3 rings (SSSR count). The molecule has 2 heterocycles. The zero-order chi connectivity index (χ0) is 18.4. The highest BCUT2D eigenvalue weighted by molar-refractivity contribution is 7.99. The first-order valence-electron chi connectivity index (χ1n) is 8.46. The molecule has 1 amide bonds. The Morgan fingerprint density at radius 1 is 1.12 bits per heavy atom. The van der Waals surface area contributed by atoms with Crippen molar-refractivity contribution in [3.05, 3.63) is 65.7 Å². The predicted octanol–water partition coefficient (Wildman–Crippen LogP) is 2.94. The summed E-state index contributed by atoms with van der Waals surface area (Å²) < 4.78 is 1.81. The van der Waals surface area contributed by atoms with E-state index in [1.165, 1.54) is 17.3 Å². The summed E-state index contributed by atoms with van der Waals surface area (Å²) in [5, 5.41) is 12.0. The van der Waals surface area contributed by atoms with Crippen molar-refractivity contribution in [3.63, 3.8) is 0 Å². The number of hydrogen-bond donors (Lipinski definition) is 1. The van der Waals surface area contributed by atoms with Crippen LogP contribution in [0.1, 0.15) is 23.7 Å². The molecule has 0 radical (unpaired) electrons. The second kappa shape index (κ2) is 8.62. The lowest BCUT2D eigenvalue weighted by Crippen LogP contribution is -2.24. The maximum Gasteiger partial charge on any atom is 0.230 e. The molecule has 1 aromatic carbocycles. The van der Waals surface area contributed by atoms with Crippen LogP contribution in [-0.2, 0) is 17.8 Å². The fraction of sp³-hybridized carbons (Fsp3) is 0.263. The number of amides is 1. The van der Waals surface area contributed by atoms with E-state index in [1.807, 2.05) is 42.0 Å². The molecule has 7 heteroatoms. The molecule has 0 unspecified atom stereocenters. The lowest BCUT2D eigenvalue weighted by molar-refractivity contribution is -0.118. The number of carbonyl (C=O) groups excluding carboxylic acids is 1. The molecule has 0 saturated heterocycles. The van der Waals surface area contributed by atoms with Crippen LogP contribution in [0.2, 0.25) is 0 Å². The number of nitrogens with one attached hydrogen (secondary N) is 1. The fourth-order valence-electron chi connectivity index (χ4n) is 2.36. The van der Waals surface area contributed by atoms with E-state index in [0.29, 0.717) is 23.1 Å². The van der Waals surface area contributed by atoms with E-state index in [1.54, 1.807) is 6.33 Å². The first-order chi connectivity index (χ1) is 12.6. The van der Waals surface area contributed by atoms with Gasteiger partial charge in [0.05, 0.1) is 11.4 Å². The fourth-order valence-corrected chi connectivity index (χ4v) is 3.00. The first-order valence-corrected chi connectivity index (χ1v) is 9.44. The minimum atomic E-state index is -0.0225. The molecule has 6 nitrogen and oxygen atoms in total. The van der Waals surface area contributed by atoms with Gasteiger partial charge in [-0.05, 0) is 36.6 Å². The van der Waals surface area contributed by atoms with Crippen molar-refractivity contribution in [1.82, 2.24) is 25.1 Å². The zero-order valence-electron chi connectivity index (χ0n) is 14.8. The molecule has 0 aliphatic rings. The lowest BCUT2D eigenvalue weighted by atomic mass is 10.1. The van der Waals surface area contributed by atoms with Gasteiger partial charge < -0.3 is 5.32 Å². The van der Waals surface area contributed by atoms with Crippen molar-refractivity contribution in [1.29, 1.82) is 0 Å². The number of aryl methyl sites for hydroxylation is 2. The number of carbonyl (C=O) groups is 1. The molecule has 134 valence electrons. The molecule has 0 fully saturated rings. The second-order valence-corrected chi connectivity index (χ2v) is 6.88. The Balaban J connectivity index is 1.46. The molecular weight excluding hydrogens is 346 g/mol. The van der Waals surface area contributed by atoms with Gasteiger partial charge in [0.1, 0.15) is 11.4 Å². The highest BCUT2D eigenvalue weighted by atomic mass is 32.2. The van der Waals surface area contributed by atoms with E-state index in [4.69, 9.17) is 0 Å². The van der Waals surface area contributed by atoms with Gasteiger partial charge in [-0.1, -0.05) is 43.0 Å². The number of imidazole rings is 1. The Morgan fingerprint density at radius 3 is 2.50 bits per heavy atom. The number of aromatic nitrogens is 4. The Hall–Kier alpha value is -2.67. The molecule has 0 spiro atoms. The summed E-state index contributed by atoms with van der Waals surface area (Å²) >= 11 is 1.37. The van der Waals surface area contributed by atoms with E-state index >= 15 is 0 Å². The lowest BCUT2D eigenvalue weighted by Gasteiger charge is -2.06. The van der Waals surface area contributed by atoms with Crippen molar-refractivity contribution in [2.75, 3.05) is 5.75 Å². The zero-order valence-corrected chi connectivity index (χ0v) is 15.7.